The fourth-order valence-electron chi connectivity index (χ4n) is 8.10. The Bertz CT molecular complexity index is 639. The maximum Gasteiger partial charge on any atom is 0.164 e. The van der Waals surface area contributed by atoms with E-state index in [9.17, 15) is 15.0 Å². The molecule has 0 spiro atoms. The second-order valence-corrected chi connectivity index (χ2v) is 10.3. The van der Waals surface area contributed by atoms with Crippen molar-refractivity contribution in [3.63, 3.8) is 0 Å². The summed E-state index contributed by atoms with van der Waals surface area (Å²) in [5.74, 6) is 1.56. The highest BCUT2D eigenvalue weighted by Crippen LogP contribution is 2.68. The molecule has 0 bridgehead atoms. The zero-order valence-electron chi connectivity index (χ0n) is 16.9. The number of fused-ring (bicyclic) bond motifs is 5. The quantitative estimate of drug-likeness (QED) is 0.723. The lowest BCUT2D eigenvalue weighted by Gasteiger charge is -2.62. The predicted molar refractivity (Wildman–Crippen MR) is 103 cm³/mol. The molecule has 8 atom stereocenters. The minimum atomic E-state index is -1.24. The molecule has 0 amide bonds. The summed E-state index contributed by atoms with van der Waals surface area (Å²) in [4.78, 5) is 12.7. The van der Waals surface area contributed by atoms with Crippen LogP contribution >= 0.6 is 0 Å². The van der Waals surface area contributed by atoms with Crippen LogP contribution in [-0.2, 0) is 4.79 Å². The van der Waals surface area contributed by atoms with Crippen molar-refractivity contribution >= 4 is 5.78 Å². The normalized spacial score (nSPS) is 53.3. The van der Waals surface area contributed by atoms with Gasteiger partial charge < -0.3 is 10.2 Å². The molecule has 0 radical (unpaired) electrons. The van der Waals surface area contributed by atoms with Gasteiger partial charge in [-0.05, 0) is 74.0 Å². The van der Waals surface area contributed by atoms with E-state index in [0.29, 0.717) is 37.0 Å². The Hall–Kier alpha value is -0.670. The topological polar surface area (TPSA) is 57.5 Å². The maximum absolute atomic E-state index is 12.7. The van der Waals surface area contributed by atoms with Gasteiger partial charge in [0, 0.05) is 11.8 Å². The van der Waals surface area contributed by atoms with Crippen LogP contribution in [0.5, 0.6) is 0 Å². The summed E-state index contributed by atoms with van der Waals surface area (Å²) in [5.41, 5.74) is -0.0557. The van der Waals surface area contributed by atoms with Crippen LogP contribution in [-0.4, -0.2) is 27.7 Å². The van der Waals surface area contributed by atoms with Crippen LogP contribution in [0.25, 0.3) is 0 Å². The van der Waals surface area contributed by atoms with Gasteiger partial charge in [-0.2, -0.15) is 0 Å². The summed E-state index contributed by atoms with van der Waals surface area (Å²) in [6.07, 6.45) is 9.13. The molecule has 4 aliphatic carbocycles. The summed E-state index contributed by atoms with van der Waals surface area (Å²) >= 11 is 0. The van der Waals surface area contributed by atoms with Gasteiger partial charge in [0.05, 0.1) is 6.10 Å². The highest BCUT2D eigenvalue weighted by atomic mass is 16.3. The van der Waals surface area contributed by atoms with E-state index in [1.165, 1.54) is 19.3 Å². The second kappa shape index (κ2) is 5.91. The van der Waals surface area contributed by atoms with Gasteiger partial charge in [-0.15, -0.1) is 0 Å². The van der Waals surface area contributed by atoms with E-state index in [0.717, 1.165) is 12.8 Å². The number of hydrogen-bond acceptors (Lipinski definition) is 3. The van der Waals surface area contributed by atoms with Gasteiger partial charge in [-0.25, -0.2) is 0 Å². The fraction of sp³-hybridized carbons (Fsp3) is 0.870. The van der Waals surface area contributed by atoms with Crippen molar-refractivity contribution < 1.29 is 15.0 Å². The lowest BCUT2D eigenvalue weighted by molar-refractivity contribution is -0.182. The fourth-order valence-corrected chi connectivity index (χ4v) is 8.10. The molecule has 3 nitrogen and oxygen atoms in total. The summed E-state index contributed by atoms with van der Waals surface area (Å²) in [7, 11) is 0. The zero-order valence-corrected chi connectivity index (χ0v) is 16.9. The number of carbonyl (C=O) groups is 1. The van der Waals surface area contributed by atoms with E-state index in [1.807, 2.05) is 6.92 Å². The first kappa shape index (κ1) is 18.7. The average Bonchev–Trinajstić information content (AvgIpc) is 2.86. The molecule has 146 valence electrons. The van der Waals surface area contributed by atoms with Gasteiger partial charge in [0.25, 0.3) is 0 Å². The van der Waals surface area contributed by atoms with Gasteiger partial charge in [-0.3, -0.25) is 4.79 Å². The Morgan fingerprint density at radius 1 is 1.31 bits per heavy atom. The number of allylic oxidation sites excluding steroid dienone is 2. The average molecular weight is 361 g/mol. The van der Waals surface area contributed by atoms with E-state index in [2.05, 4.69) is 26.8 Å². The van der Waals surface area contributed by atoms with E-state index >= 15 is 0 Å². The van der Waals surface area contributed by atoms with Crippen molar-refractivity contribution in [1.82, 2.24) is 0 Å². The van der Waals surface area contributed by atoms with Crippen LogP contribution < -0.4 is 0 Å². The van der Waals surface area contributed by atoms with E-state index in [-0.39, 0.29) is 17.1 Å². The number of Topliss-reactive ketones (excluding diaryl/α,β-unsaturated/α-hetero) is 1. The molecular formula is C23H36O3. The molecule has 3 fully saturated rings. The maximum atomic E-state index is 12.7. The zero-order chi connectivity index (χ0) is 18.9. The van der Waals surface area contributed by atoms with E-state index in [4.69, 9.17) is 0 Å². The minimum absolute atomic E-state index is 0.0264. The molecule has 0 unspecified atom stereocenters. The molecule has 0 aromatic rings. The molecule has 0 saturated heterocycles. The number of aliphatic hydroxyl groups is 2. The lowest BCUT2D eigenvalue weighted by atomic mass is 9.44. The lowest BCUT2D eigenvalue weighted by Crippen LogP contribution is -2.62. The molecule has 3 heteroatoms. The summed E-state index contributed by atoms with van der Waals surface area (Å²) in [6.45, 7) is 8.68. The van der Waals surface area contributed by atoms with Crippen molar-refractivity contribution in [3.05, 3.63) is 11.6 Å². The van der Waals surface area contributed by atoms with Crippen molar-refractivity contribution in [3.8, 4) is 0 Å². The van der Waals surface area contributed by atoms with Gasteiger partial charge in [0.2, 0.25) is 0 Å². The van der Waals surface area contributed by atoms with Crippen molar-refractivity contribution in [2.45, 2.75) is 90.8 Å². The third kappa shape index (κ3) is 2.16. The van der Waals surface area contributed by atoms with Crippen LogP contribution in [0.3, 0.4) is 0 Å². The van der Waals surface area contributed by atoms with Crippen LogP contribution in [0.4, 0.5) is 0 Å². The van der Waals surface area contributed by atoms with Crippen molar-refractivity contribution in [2.24, 2.45) is 34.5 Å². The van der Waals surface area contributed by atoms with Crippen LogP contribution in [0.1, 0.15) is 79.1 Å². The minimum Gasteiger partial charge on any atom is -0.393 e. The molecule has 26 heavy (non-hydrogen) atoms. The molecule has 2 N–H and O–H groups in total. The molecule has 4 aliphatic rings. The third-order valence-corrected chi connectivity index (χ3v) is 9.20. The van der Waals surface area contributed by atoms with Crippen LogP contribution in [0.2, 0.25) is 0 Å². The Labute approximate surface area is 158 Å². The third-order valence-electron chi connectivity index (χ3n) is 9.20. The molecule has 0 aromatic carbocycles. The van der Waals surface area contributed by atoms with Crippen LogP contribution in [0, 0.1) is 34.5 Å². The summed E-state index contributed by atoms with van der Waals surface area (Å²) in [5, 5.41) is 22.8. The highest BCUT2D eigenvalue weighted by molar-refractivity contribution is 5.88. The van der Waals surface area contributed by atoms with Crippen molar-refractivity contribution in [1.29, 1.82) is 0 Å². The van der Waals surface area contributed by atoms with Gasteiger partial charge >= 0.3 is 0 Å². The molecule has 0 aromatic heterocycles. The first-order valence-electron chi connectivity index (χ1n) is 10.8. The Balaban J connectivity index is 1.76. The number of rotatable bonds is 2. The number of carbonyl (C=O) groups excluding carboxylic acids is 1. The Morgan fingerprint density at radius 3 is 2.73 bits per heavy atom. The molecule has 3 saturated carbocycles. The number of ketones is 1. The van der Waals surface area contributed by atoms with E-state index in [1.54, 1.807) is 5.57 Å². The summed E-state index contributed by atoms with van der Waals surface area (Å²) in [6, 6.07) is 0. The first-order valence-corrected chi connectivity index (χ1v) is 10.8. The molecule has 0 heterocycles. The van der Waals surface area contributed by atoms with Gasteiger partial charge in [0.1, 0.15) is 5.60 Å². The Morgan fingerprint density at radius 2 is 2.04 bits per heavy atom. The highest BCUT2D eigenvalue weighted by Gasteiger charge is 2.68. The summed E-state index contributed by atoms with van der Waals surface area (Å²) < 4.78 is 0. The Kier molecular flexibility index (Phi) is 4.25. The van der Waals surface area contributed by atoms with E-state index < -0.39 is 17.1 Å². The number of aliphatic hydroxyl groups excluding tert-OH is 1. The van der Waals surface area contributed by atoms with Gasteiger partial charge in [0.15, 0.2) is 5.78 Å². The standard InChI is InChI=1S/C23H36O3/c1-5-19(25)23(26)11-9-17-15-12-14(2)16-8-6-7-10-21(16,3)20(15)18(24)13-22(17,23)4/h8,14-15,17-18,20,24,26H,5-7,9-13H2,1-4H3/t14-,15-,17-,18-,20+,21-,22-,23-/m0/s1. The molecular weight excluding hydrogens is 324 g/mol. The largest absolute Gasteiger partial charge is 0.393 e. The molecule has 4 rings (SSSR count). The predicted octanol–water partition coefficient (Wildman–Crippen LogP) is 4.27. The first-order chi connectivity index (χ1) is 12.2. The molecule has 0 aliphatic heterocycles. The van der Waals surface area contributed by atoms with Crippen LogP contribution in [0.15, 0.2) is 11.6 Å². The SMILES string of the molecule is CCC(=O)[C@@]1(O)CC[C@H]2[C@@H]3C[C@H](C)C4=CCCC[C@]4(C)[C@H]3[C@@H](O)C[C@@]21C. The monoisotopic (exact) mass is 360 g/mol. The van der Waals surface area contributed by atoms with Crippen molar-refractivity contribution in [2.75, 3.05) is 0 Å². The smallest absolute Gasteiger partial charge is 0.164 e. The van der Waals surface area contributed by atoms with Gasteiger partial charge in [-0.1, -0.05) is 39.3 Å². The number of hydrogen-bond donors (Lipinski definition) is 2. The second-order valence-electron chi connectivity index (χ2n) is 10.3.